The summed E-state index contributed by atoms with van der Waals surface area (Å²) in [5, 5.41) is 10.7. The van der Waals surface area contributed by atoms with Crippen LogP contribution in [0.4, 0.5) is 5.69 Å². The Labute approximate surface area is 165 Å². The number of rotatable bonds is 7. The van der Waals surface area contributed by atoms with Crippen LogP contribution >= 0.6 is 24.0 Å². The number of guanidine groups is 1. The number of aryl methyl sites for hydroxylation is 1. The Bertz CT molecular complexity index is 687. The fourth-order valence-electron chi connectivity index (χ4n) is 2.18. The zero-order valence-electron chi connectivity index (χ0n) is 15.1. The molecule has 1 aromatic heterocycles. The molecule has 0 aliphatic rings. The van der Waals surface area contributed by atoms with E-state index in [1.807, 2.05) is 49.8 Å². The van der Waals surface area contributed by atoms with E-state index in [4.69, 9.17) is 9.47 Å². The summed E-state index contributed by atoms with van der Waals surface area (Å²) in [6.45, 7) is 5.86. The van der Waals surface area contributed by atoms with Crippen molar-refractivity contribution < 1.29 is 9.47 Å². The molecule has 1 aromatic carbocycles. The molecule has 25 heavy (non-hydrogen) atoms. The van der Waals surface area contributed by atoms with Gasteiger partial charge >= 0.3 is 0 Å². The number of aliphatic imine (C=N–C) groups is 1. The molecule has 7 nitrogen and oxygen atoms in total. The maximum Gasteiger partial charge on any atom is 0.196 e. The van der Waals surface area contributed by atoms with E-state index in [1.165, 1.54) is 0 Å². The van der Waals surface area contributed by atoms with Crippen LogP contribution in [-0.4, -0.2) is 36.0 Å². The van der Waals surface area contributed by atoms with Gasteiger partial charge in [-0.25, -0.2) is 4.99 Å². The summed E-state index contributed by atoms with van der Waals surface area (Å²) in [4.78, 5) is 4.59. The Kier molecular flexibility index (Phi) is 9.11. The first kappa shape index (κ1) is 21.1. The van der Waals surface area contributed by atoms with Gasteiger partial charge in [0.25, 0.3) is 0 Å². The average Bonchev–Trinajstić information content (AvgIpc) is 2.98. The van der Waals surface area contributed by atoms with Gasteiger partial charge in [0.1, 0.15) is 0 Å². The third-order valence-corrected chi connectivity index (χ3v) is 3.39. The quantitative estimate of drug-likeness (QED) is 0.379. The van der Waals surface area contributed by atoms with Crippen LogP contribution in [0, 0.1) is 0 Å². The monoisotopic (exact) mass is 459 g/mol. The predicted octanol–water partition coefficient (Wildman–Crippen LogP) is 3.02. The second-order valence-electron chi connectivity index (χ2n) is 5.06. The lowest BCUT2D eigenvalue weighted by Crippen LogP contribution is -2.30. The highest BCUT2D eigenvalue weighted by atomic mass is 127. The number of methoxy groups -OCH3 is 1. The summed E-state index contributed by atoms with van der Waals surface area (Å²) >= 11 is 0. The maximum atomic E-state index is 5.61. The van der Waals surface area contributed by atoms with Crippen LogP contribution in [0.3, 0.4) is 0 Å². The molecule has 2 aromatic rings. The maximum absolute atomic E-state index is 5.61. The van der Waals surface area contributed by atoms with Crippen molar-refractivity contribution in [3.63, 3.8) is 0 Å². The van der Waals surface area contributed by atoms with Crippen molar-refractivity contribution in [3.8, 4) is 11.5 Å². The van der Waals surface area contributed by atoms with Crippen LogP contribution in [0.5, 0.6) is 11.5 Å². The highest BCUT2D eigenvalue weighted by molar-refractivity contribution is 14.0. The van der Waals surface area contributed by atoms with E-state index < -0.39 is 0 Å². The number of hydrogen-bond acceptors (Lipinski definition) is 4. The van der Waals surface area contributed by atoms with Crippen molar-refractivity contribution in [2.24, 2.45) is 12.0 Å². The van der Waals surface area contributed by atoms with Crippen molar-refractivity contribution in [1.29, 1.82) is 0 Å². The highest BCUT2D eigenvalue weighted by Gasteiger charge is 2.07. The molecule has 0 aliphatic carbocycles. The van der Waals surface area contributed by atoms with E-state index in [-0.39, 0.29) is 24.0 Å². The van der Waals surface area contributed by atoms with E-state index in [9.17, 15) is 0 Å². The van der Waals surface area contributed by atoms with Crippen LogP contribution in [-0.2, 0) is 13.6 Å². The summed E-state index contributed by atoms with van der Waals surface area (Å²) in [6.07, 6.45) is 1.77. The second-order valence-corrected chi connectivity index (χ2v) is 5.06. The van der Waals surface area contributed by atoms with Crippen molar-refractivity contribution in [2.45, 2.75) is 20.4 Å². The largest absolute Gasteiger partial charge is 0.493 e. The second kappa shape index (κ2) is 10.8. The number of halogens is 1. The number of anilines is 1. The minimum absolute atomic E-state index is 0. The number of benzene rings is 1. The van der Waals surface area contributed by atoms with Crippen LogP contribution in [0.25, 0.3) is 0 Å². The first-order chi connectivity index (χ1) is 11.7. The molecule has 0 aliphatic heterocycles. The van der Waals surface area contributed by atoms with Gasteiger partial charge in [0.15, 0.2) is 17.5 Å². The van der Waals surface area contributed by atoms with E-state index in [0.29, 0.717) is 30.6 Å². The molecule has 2 rings (SSSR count). The van der Waals surface area contributed by atoms with E-state index in [1.54, 1.807) is 13.3 Å². The predicted molar refractivity (Wildman–Crippen MR) is 111 cm³/mol. The first-order valence-electron chi connectivity index (χ1n) is 8.01. The van der Waals surface area contributed by atoms with Gasteiger partial charge < -0.3 is 20.1 Å². The Hall–Kier alpha value is -1.97. The lowest BCUT2D eigenvalue weighted by Gasteiger charge is -2.14. The van der Waals surface area contributed by atoms with Crippen molar-refractivity contribution in [1.82, 2.24) is 15.1 Å². The van der Waals surface area contributed by atoms with Crippen molar-refractivity contribution in [2.75, 3.05) is 25.6 Å². The third kappa shape index (κ3) is 6.11. The van der Waals surface area contributed by atoms with Gasteiger partial charge in [0.05, 0.1) is 26.0 Å². The molecular weight excluding hydrogens is 433 g/mol. The Balaban J connectivity index is 0.00000312. The number of nitrogens with one attached hydrogen (secondary N) is 2. The summed E-state index contributed by atoms with van der Waals surface area (Å²) in [7, 11) is 3.54. The van der Waals surface area contributed by atoms with Gasteiger partial charge in [-0.15, -0.1) is 24.0 Å². The molecule has 0 unspecified atom stereocenters. The van der Waals surface area contributed by atoms with Gasteiger partial charge in [0.2, 0.25) is 0 Å². The van der Waals surface area contributed by atoms with Gasteiger partial charge in [-0.1, -0.05) is 0 Å². The number of aromatic nitrogens is 2. The van der Waals surface area contributed by atoms with Gasteiger partial charge in [-0.05, 0) is 32.0 Å². The molecule has 0 fully saturated rings. The molecule has 0 radical (unpaired) electrons. The highest BCUT2D eigenvalue weighted by Crippen LogP contribution is 2.30. The molecule has 0 bridgehead atoms. The van der Waals surface area contributed by atoms with Crippen LogP contribution in [0.2, 0.25) is 0 Å². The van der Waals surface area contributed by atoms with E-state index in [2.05, 4.69) is 20.7 Å². The molecule has 0 spiro atoms. The molecule has 0 amide bonds. The lowest BCUT2D eigenvalue weighted by molar-refractivity contribution is 0.311. The fourth-order valence-corrected chi connectivity index (χ4v) is 2.18. The number of hydrogen-bond donors (Lipinski definition) is 2. The minimum Gasteiger partial charge on any atom is -0.493 e. The van der Waals surface area contributed by atoms with E-state index >= 15 is 0 Å². The third-order valence-electron chi connectivity index (χ3n) is 3.39. The van der Waals surface area contributed by atoms with Crippen LogP contribution in [0.15, 0.2) is 35.5 Å². The zero-order chi connectivity index (χ0) is 17.4. The van der Waals surface area contributed by atoms with Gasteiger partial charge in [-0.2, -0.15) is 5.10 Å². The zero-order valence-corrected chi connectivity index (χ0v) is 17.4. The number of ether oxygens (including phenoxy) is 2. The number of nitrogens with zero attached hydrogens (tertiary/aromatic N) is 3. The SMILES string of the molecule is CCNC(=NCc1ccnn1C)Nc1ccc(OC)c(OCC)c1.I. The van der Waals surface area contributed by atoms with Crippen LogP contribution in [0.1, 0.15) is 19.5 Å². The smallest absolute Gasteiger partial charge is 0.196 e. The summed E-state index contributed by atoms with van der Waals surface area (Å²) in [5.41, 5.74) is 1.92. The van der Waals surface area contributed by atoms with Crippen molar-refractivity contribution in [3.05, 3.63) is 36.2 Å². The molecular formula is C17H26IN5O2. The van der Waals surface area contributed by atoms with E-state index in [0.717, 1.165) is 17.9 Å². The summed E-state index contributed by atoms with van der Waals surface area (Å²) in [6, 6.07) is 7.66. The Morgan fingerprint density at radius 3 is 2.64 bits per heavy atom. The van der Waals surface area contributed by atoms with Crippen molar-refractivity contribution >= 4 is 35.6 Å². The first-order valence-corrected chi connectivity index (χ1v) is 8.01. The average molecular weight is 459 g/mol. The standard InChI is InChI=1S/C17H25N5O2.HI/c1-5-18-17(19-12-14-9-10-20-22(14)3)21-13-7-8-15(23-4)16(11-13)24-6-2;/h7-11H,5-6,12H2,1-4H3,(H2,18,19,21);1H. The molecule has 0 atom stereocenters. The normalized spacial score (nSPS) is 10.8. The topological polar surface area (TPSA) is 72.7 Å². The molecule has 0 saturated carbocycles. The lowest BCUT2D eigenvalue weighted by atomic mass is 10.2. The molecule has 138 valence electrons. The molecule has 1 heterocycles. The van der Waals surface area contributed by atoms with Crippen LogP contribution < -0.4 is 20.1 Å². The Morgan fingerprint density at radius 2 is 2.04 bits per heavy atom. The van der Waals surface area contributed by atoms with Gasteiger partial charge in [0, 0.05) is 31.5 Å². The molecule has 8 heteroatoms. The Morgan fingerprint density at radius 1 is 1.24 bits per heavy atom. The fraction of sp³-hybridized carbons (Fsp3) is 0.412. The minimum atomic E-state index is 0. The van der Waals surface area contributed by atoms with Gasteiger partial charge in [-0.3, -0.25) is 4.68 Å². The summed E-state index contributed by atoms with van der Waals surface area (Å²) in [5.74, 6) is 2.11. The molecule has 2 N–H and O–H groups in total. The summed E-state index contributed by atoms with van der Waals surface area (Å²) < 4.78 is 12.7. The molecule has 0 saturated heterocycles.